The molecule has 0 saturated heterocycles. The molecule has 2 aliphatic heterocycles. The third-order valence-electron chi connectivity index (χ3n) is 6.78. The largest absolute Gasteiger partial charge is 0.494 e. The average Bonchev–Trinajstić information content (AvgIpc) is 3.07. The number of hydrogen-bond donors (Lipinski definition) is 0. The maximum absolute atomic E-state index is 13.7. The molecule has 0 bridgehead atoms. The Bertz CT molecular complexity index is 1260. The minimum Gasteiger partial charge on any atom is -0.494 e. The normalized spacial score (nSPS) is 21.9. The summed E-state index contributed by atoms with van der Waals surface area (Å²) in [6.07, 6.45) is 0.792. The topological polar surface area (TPSA) is 41.9 Å². The van der Waals surface area contributed by atoms with Gasteiger partial charge in [0, 0.05) is 21.5 Å². The lowest BCUT2D eigenvalue weighted by Gasteiger charge is -2.49. The van der Waals surface area contributed by atoms with Crippen LogP contribution in [0.5, 0.6) is 5.75 Å². The first kappa shape index (κ1) is 21.7. The molecule has 5 heteroatoms. The van der Waals surface area contributed by atoms with Crippen LogP contribution in [0.2, 0.25) is 5.02 Å². The first-order chi connectivity index (χ1) is 15.7. The molecule has 1 atom stereocenters. The molecule has 1 amide bonds. The van der Waals surface area contributed by atoms with E-state index >= 15 is 0 Å². The Labute approximate surface area is 199 Å². The summed E-state index contributed by atoms with van der Waals surface area (Å²) in [5.41, 5.74) is 4.78. The van der Waals surface area contributed by atoms with E-state index in [-0.39, 0.29) is 16.9 Å². The van der Waals surface area contributed by atoms with E-state index in [1.807, 2.05) is 60.4 Å². The predicted octanol–water partition coefficient (Wildman–Crippen LogP) is 6.69. The van der Waals surface area contributed by atoms with E-state index in [0.717, 1.165) is 39.7 Å². The van der Waals surface area contributed by atoms with Gasteiger partial charge in [0.2, 0.25) is 0 Å². The molecular formula is C28H27ClN2O2. The molecule has 0 saturated carbocycles. The minimum absolute atomic E-state index is 0.0468. The van der Waals surface area contributed by atoms with E-state index in [2.05, 4.69) is 39.0 Å². The number of para-hydroxylation sites is 1. The first-order valence-corrected chi connectivity index (χ1v) is 11.7. The summed E-state index contributed by atoms with van der Waals surface area (Å²) >= 11 is 6.18. The van der Waals surface area contributed by atoms with E-state index in [0.29, 0.717) is 12.3 Å². The van der Waals surface area contributed by atoms with Crippen LogP contribution in [-0.4, -0.2) is 23.8 Å². The Morgan fingerprint density at radius 3 is 2.36 bits per heavy atom. The summed E-state index contributed by atoms with van der Waals surface area (Å²) < 4.78 is 5.53. The Balaban J connectivity index is 1.67. The first-order valence-electron chi connectivity index (χ1n) is 11.3. The minimum atomic E-state index is -0.384. The zero-order chi connectivity index (χ0) is 23.4. The molecule has 4 nitrogen and oxygen atoms in total. The fraction of sp³-hybridized carbons (Fsp3) is 0.286. The molecule has 0 fully saturated rings. The number of rotatable bonds is 4. The van der Waals surface area contributed by atoms with Crippen LogP contribution < -0.4 is 9.64 Å². The van der Waals surface area contributed by atoms with Gasteiger partial charge in [-0.15, -0.1) is 0 Å². The van der Waals surface area contributed by atoms with Crippen molar-refractivity contribution in [2.45, 2.75) is 45.1 Å². The third-order valence-corrected chi connectivity index (χ3v) is 7.03. The Hall–Kier alpha value is -3.11. The van der Waals surface area contributed by atoms with Crippen molar-refractivity contribution in [1.82, 2.24) is 0 Å². The second-order valence-corrected chi connectivity index (χ2v) is 9.99. The molecular weight excluding hydrogens is 432 g/mol. The highest BCUT2D eigenvalue weighted by Gasteiger charge is 2.53. The van der Waals surface area contributed by atoms with Gasteiger partial charge in [-0.2, -0.15) is 0 Å². The number of nitrogens with zero attached hydrogens (tertiary/aromatic N) is 2. The van der Waals surface area contributed by atoms with Crippen molar-refractivity contribution in [2.24, 2.45) is 4.99 Å². The van der Waals surface area contributed by atoms with Gasteiger partial charge in [0.1, 0.15) is 11.5 Å². The van der Waals surface area contributed by atoms with Crippen molar-refractivity contribution < 1.29 is 9.53 Å². The molecule has 0 unspecified atom stereocenters. The van der Waals surface area contributed by atoms with Crippen molar-refractivity contribution in [3.8, 4) is 5.75 Å². The van der Waals surface area contributed by atoms with Crippen LogP contribution in [0.1, 0.15) is 50.8 Å². The molecule has 33 heavy (non-hydrogen) atoms. The zero-order valence-electron chi connectivity index (χ0n) is 19.4. The Morgan fingerprint density at radius 2 is 1.70 bits per heavy atom. The molecule has 0 N–H and O–H groups in total. The van der Waals surface area contributed by atoms with Gasteiger partial charge in [0.15, 0.2) is 0 Å². The SMILES string of the molecule is CCOc1ccc(N=C2C(=O)N3c4c2cccc4[C@](C)(c2ccc(Cl)cc2)CC3(C)C)cc1. The van der Waals surface area contributed by atoms with Gasteiger partial charge in [-0.1, -0.05) is 48.9 Å². The number of halogens is 1. The maximum Gasteiger partial charge on any atom is 0.278 e. The van der Waals surface area contributed by atoms with E-state index in [1.165, 1.54) is 5.56 Å². The average molecular weight is 459 g/mol. The summed E-state index contributed by atoms with van der Waals surface area (Å²) in [6, 6.07) is 21.8. The van der Waals surface area contributed by atoms with Crippen molar-refractivity contribution in [1.29, 1.82) is 0 Å². The monoisotopic (exact) mass is 458 g/mol. The molecule has 3 aromatic rings. The maximum atomic E-state index is 13.7. The zero-order valence-corrected chi connectivity index (χ0v) is 20.1. The smallest absolute Gasteiger partial charge is 0.278 e. The predicted molar refractivity (Wildman–Crippen MR) is 134 cm³/mol. The molecule has 3 aromatic carbocycles. The Kier molecular flexibility index (Phi) is 5.09. The number of carbonyl (C=O) groups excluding carboxylic acids is 1. The lowest BCUT2D eigenvalue weighted by molar-refractivity contribution is -0.113. The summed E-state index contributed by atoms with van der Waals surface area (Å²) in [7, 11) is 0. The highest BCUT2D eigenvalue weighted by atomic mass is 35.5. The molecule has 0 radical (unpaired) electrons. The number of benzene rings is 3. The van der Waals surface area contributed by atoms with E-state index in [1.54, 1.807) is 0 Å². The van der Waals surface area contributed by atoms with Gasteiger partial charge in [0.05, 0.1) is 18.0 Å². The highest BCUT2D eigenvalue weighted by molar-refractivity contribution is 6.55. The third kappa shape index (κ3) is 3.44. The lowest BCUT2D eigenvalue weighted by atomic mass is 9.65. The van der Waals surface area contributed by atoms with Crippen molar-refractivity contribution in [2.75, 3.05) is 11.5 Å². The van der Waals surface area contributed by atoms with E-state index in [9.17, 15) is 4.79 Å². The summed E-state index contributed by atoms with van der Waals surface area (Å²) in [5.74, 6) is 0.746. The van der Waals surface area contributed by atoms with Gasteiger partial charge in [-0.25, -0.2) is 4.99 Å². The molecule has 2 aliphatic rings. The summed E-state index contributed by atoms with van der Waals surface area (Å²) in [4.78, 5) is 20.5. The van der Waals surface area contributed by atoms with E-state index in [4.69, 9.17) is 21.3 Å². The van der Waals surface area contributed by atoms with Crippen LogP contribution in [0.25, 0.3) is 0 Å². The van der Waals surface area contributed by atoms with Crippen LogP contribution in [0, 0.1) is 0 Å². The van der Waals surface area contributed by atoms with Crippen molar-refractivity contribution in [3.05, 3.63) is 88.4 Å². The van der Waals surface area contributed by atoms with Gasteiger partial charge in [-0.05, 0) is 74.7 Å². The molecule has 0 spiro atoms. The second-order valence-electron chi connectivity index (χ2n) is 9.56. The quantitative estimate of drug-likeness (QED) is 0.436. The van der Waals surface area contributed by atoms with Gasteiger partial charge in [-0.3, -0.25) is 4.79 Å². The molecule has 0 aliphatic carbocycles. The lowest BCUT2D eigenvalue weighted by Crippen LogP contribution is -2.54. The molecule has 168 valence electrons. The van der Waals surface area contributed by atoms with Crippen LogP contribution in [0.15, 0.2) is 71.7 Å². The van der Waals surface area contributed by atoms with Crippen LogP contribution >= 0.6 is 11.6 Å². The summed E-state index contributed by atoms with van der Waals surface area (Å²) in [6.45, 7) is 9.10. The number of carbonyl (C=O) groups is 1. The Morgan fingerprint density at radius 1 is 1.00 bits per heavy atom. The second kappa shape index (κ2) is 7.74. The standard InChI is InChI=1S/C28H27ClN2O2/c1-5-33-21-15-13-20(14-16-21)30-24-22-7-6-8-23-25(22)31(26(24)32)27(2,3)17-28(23,4)18-9-11-19(29)12-10-18/h6-16H,5,17H2,1-4H3/t28-/m0/s1. The number of amides is 1. The number of ether oxygens (including phenoxy) is 1. The number of hydrogen-bond acceptors (Lipinski definition) is 3. The number of aliphatic imine (C=N–C) groups is 1. The van der Waals surface area contributed by atoms with E-state index < -0.39 is 0 Å². The van der Waals surface area contributed by atoms with Gasteiger partial charge < -0.3 is 9.64 Å². The highest BCUT2D eigenvalue weighted by Crippen LogP contribution is 2.54. The van der Waals surface area contributed by atoms with Gasteiger partial charge >= 0.3 is 0 Å². The molecule has 5 rings (SSSR count). The fourth-order valence-electron chi connectivity index (χ4n) is 5.46. The molecule has 2 heterocycles. The van der Waals surface area contributed by atoms with Crippen LogP contribution in [0.3, 0.4) is 0 Å². The van der Waals surface area contributed by atoms with Crippen molar-refractivity contribution >= 4 is 34.6 Å². The summed E-state index contributed by atoms with van der Waals surface area (Å²) in [5, 5.41) is 0.720. The fourth-order valence-corrected chi connectivity index (χ4v) is 5.58. The van der Waals surface area contributed by atoms with Crippen molar-refractivity contribution in [3.63, 3.8) is 0 Å². The van der Waals surface area contributed by atoms with Gasteiger partial charge in [0.25, 0.3) is 5.91 Å². The van der Waals surface area contributed by atoms with Crippen LogP contribution in [0.4, 0.5) is 11.4 Å². The van der Waals surface area contributed by atoms with Crippen LogP contribution in [-0.2, 0) is 10.2 Å². The number of anilines is 1. The molecule has 0 aromatic heterocycles.